The molecule has 1 aromatic carbocycles. The van der Waals surface area contributed by atoms with Gasteiger partial charge >= 0.3 is 0 Å². The standard InChI is InChI=1S/C14H19N3O3/c15-11-6-4-5-10(13(11)19)14(20)16-9-12(18)17-7-2-1-3-8-17/h4-6,19H,1-3,7-9,15H2,(H,16,20). The lowest BCUT2D eigenvalue weighted by Crippen LogP contribution is -2.42. The molecule has 6 nitrogen and oxygen atoms in total. The number of para-hydroxylation sites is 1. The number of anilines is 1. The van der Waals surface area contributed by atoms with E-state index in [9.17, 15) is 14.7 Å². The highest BCUT2D eigenvalue weighted by molar-refractivity contribution is 6.00. The predicted octanol–water partition coefficient (Wildman–Crippen LogP) is 0.717. The third kappa shape index (κ3) is 3.20. The van der Waals surface area contributed by atoms with Crippen LogP contribution in [0, 0.1) is 0 Å². The summed E-state index contributed by atoms with van der Waals surface area (Å²) in [6, 6.07) is 4.55. The topological polar surface area (TPSA) is 95.7 Å². The Morgan fingerprint density at radius 3 is 2.65 bits per heavy atom. The first-order valence-electron chi connectivity index (χ1n) is 6.73. The minimum absolute atomic E-state index is 0.0624. The monoisotopic (exact) mass is 277 g/mol. The van der Waals surface area contributed by atoms with E-state index in [-0.39, 0.29) is 29.5 Å². The third-order valence-corrected chi connectivity index (χ3v) is 3.42. The molecule has 1 aromatic rings. The van der Waals surface area contributed by atoms with Crippen molar-refractivity contribution in [2.45, 2.75) is 19.3 Å². The zero-order valence-corrected chi connectivity index (χ0v) is 11.3. The molecule has 1 aliphatic rings. The van der Waals surface area contributed by atoms with Crippen LogP contribution in [0.25, 0.3) is 0 Å². The second kappa shape index (κ2) is 6.27. The van der Waals surface area contributed by atoms with Gasteiger partial charge in [0.2, 0.25) is 5.91 Å². The fourth-order valence-electron chi connectivity index (χ4n) is 2.25. The summed E-state index contributed by atoms with van der Waals surface area (Å²) in [5.74, 6) is -0.850. The zero-order valence-electron chi connectivity index (χ0n) is 11.3. The first-order valence-corrected chi connectivity index (χ1v) is 6.73. The third-order valence-electron chi connectivity index (χ3n) is 3.42. The minimum atomic E-state index is -0.500. The predicted molar refractivity (Wildman–Crippen MR) is 75.3 cm³/mol. The lowest BCUT2D eigenvalue weighted by Gasteiger charge is -2.26. The van der Waals surface area contributed by atoms with Crippen molar-refractivity contribution >= 4 is 17.5 Å². The van der Waals surface area contributed by atoms with Crippen LogP contribution >= 0.6 is 0 Å². The number of phenolic OH excluding ortho intramolecular Hbond substituents is 1. The molecule has 0 unspecified atom stereocenters. The van der Waals surface area contributed by atoms with E-state index >= 15 is 0 Å². The molecule has 1 heterocycles. The normalized spacial score (nSPS) is 14.9. The Labute approximate surface area is 117 Å². The molecule has 20 heavy (non-hydrogen) atoms. The van der Waals surface area contributed by atoms with Gasteiger partial charge in [0, 0.05) is 13.1 Å². The Balaban J connectivity index is 1.91. The zero-order chi connectivity index (χ0) is 14.5. The maximum absolute atomic E-state index is 11.9. The lowest BCUT2D eigenvalue weighted by atomic mass is 10.1. The smallest absolute Gasteiger partial charge is 0.255 e. The highest BCUT2D eigenvalue weighted by Crippen LogP contribution is 2.24. The first kappa shape index (κ1) is 14.2. The fourth-order valence-corrected chi connectivity index (χ4v) is 2.25. The van der Waals surface area contributed by atoms with Crippen molar-refractivity contribution in [3.63, 3.8) is 0 Å². The molecule has 0 saturated carbocycles. The highest BCUT2D eigenvalue weighted by Gasteiger charge is 2.18. The molecule has 108 valence electrons. The Bertz CT molecular complexity index is 510. The van der Waals surface area contributed by atoms with Gasteiger partial charge in [-0.05, 0) is 31.4 Å². The van der Waals surface area contributed by atoms with Gasteiger partial charge < -0.3 is 21.1 Å². The number of phenols is 1. The number of likely N-dealkylation sites (tertiary alicyclic amines) is 1. The quantitative estimate of drug-likeness (QED) is 0.560. The Hall–Kier alpha value is -2.24. The average molecular weight is 277 g/mol. The van der Waals surface area contributed by atoms with Crippen molar-refractivity contribution in [3.05, 3.63) is 23.8 Å². The van der Waals surface area contributed by atoms with Gasteiger partial charge in [0.15, 0.2) is 5.75 Å². The maximum Gasteiger partial charge on any atom is 0.255 e. The van der Waals surface area contributed by atoms with Crippen molar-refractivity contribution < 1.29 is 14.7 Å². The van der Waals surface area contributed by atoms with Gasteiger partial charge in [-0.2, -0.15) is 0 Å². The fraction of sp³-hybridized carbons (Fsp3) is 0.429. The van der Waals surface area contributed by atoms with Crippen LogP contribution in [0.3, 0.4) is 0 Å². The van der Waals surface area contributed by atoms with Gasteiger partial charge in [0.1, 0.15) is 0 Å². The van der Waals surface area contributed by atoms with Gasteiger partial charge in [-0.25, -0.2) is 0 Å². The lowest BCUT2D eigenvalue weighted by molar-refractivity contribution is -0.130. The number of aromatic hydroxyl groups is 1. The average Bonchev–Trinajstić information content (AvgIpc) is 2.48. The number of hydrogen-bond donors (Lipinski definition) is 3. The van der Waals surface area contributed by atoms with Crippen LogP contribution in [0.2, 0.25) is 0 Å². The SMILES string of the molecule is Nc1cccc(C(=O)NCC(=O)N2CCCCC2)c1O. The Morgan fingerprint density at radius 1 is 1.25 bits per heavy atom. The second-order valence-electron chi connectivity index (χ2n) is 4.87. The number of amides is 2. The first-order chi connectivity index (χ1) is 9.59. The minimum Gasteiger partial charge on any atom is -0.505 e. The molecule has 0 spiro atoms. The number of nitrogens with one attached hydrogen (secondary N) is 1. The van der Waals surface area contributed by atoms with Gasteiger partial charge in [0.05, 0.1) is 17.8 Å². The van der Waals surface area contributed by atoms with Gasteiger partial charge in [-0.3, -0.25) is 9.59 Å². The van der Waals surface area contributed by atoms with E-state index in [1.54, 1.807) is 11.0 Å². The van der Waals surface area contributed by atoms with Gasteiger partial charge in [-0.1, -0.05) is 6.07 Å². The number of nitrogens with zero attached hydrogens (tertiary/aromatic N) is 1. The van der Waals surface area contributed by atoms with E-state index in [0.717, 1.165) is 32.4 Å². The molecule has 0 aromatic heterocycles. The van der Waals surface area contributed by atoms with Gasteiger partial charge in [0.25, 0.3) is 5.91 Å². The van der Waals surface area contributed by atoms with E-state index in [4.69, 9.17) is 5.73 Å². The molecular weight excluding hydrogens is 258 g/mol. The summed E-state index contributed by atoms with van der Waals surface area (Å²) < 4.78 is 0. The summed E-state index contributed by atoms with van der Waals surface area (Å²) in [7, 11) is 0. The number of rotatable bonds is 3. The number of carbonyl (C=O) groups is 2. The highest BCUT2D eigenvalue weighted by atomic mass is 16.3. The molecule has 1 fully saturated rings. The van der Waals surface area contributed by atoms with Crippen molar-refractivity contribution in [1.29, 1.82) is 0 Å². The molecule has 2 rings (SSSR count). The molecule has 0 atom stereocenters. The number of hydrogen-bond acceptors (Lipinski definition) is 4. The van der Waals surface area contributed by atoms with Crippen molar-refractivity contribution in [2.75, 3.05) is 25.4 Å². The molecular formula is C14H19N3O3. The molecule has 2 amide bonds. The van der Waals surface area contributed by atoms with Crippen LogP contribution in [0.5, 0.6) is 5.75 Å². The van der Waals surface area contributed by atoms with E-state index in [2.05, 4.69) is 5.32 Å². The van der Waals surface area contributed by atoms with Crippen molar-refractivity contribution in [3.8, 4) is 5.75 Å². The molecule has 0 radical (unpaired) electrons. The van der Waals surface area contributed by atoms with Crippen LogP contribution < -0.4 is 11.1 Å². The number of nitrogen functional groups attached to an aromatic ring is 1. The summed E-state index contributed by atoms with van der Waals surface area (Å²) in [4.78, 5) is 25.6. The van der Waals surface area contributed by atoms with E-state index in [1.807, 2.05) is 0 Å². The summed E-state index contributed by atoms with van der Waals surface area (Å²) >= 11 is 0. The molecule has 4 N–H and O–H groups in total. The number of benzene rings is 1. The molecule has 0 aliphatic carbocycles. The van der Waals surface area contributed by atoms with Crippen molar-refractivity contribution in [2.24, 2.45) is 0 Å². The Kier molecular flexibility index (Phi) is 4.45. The van der Waals surface area contributed by atoms with Crippen LogP contribution in [-0.2, 0) is 4.79 Å². The maximum atomic E-state index is 11.9. The Morgan fingerprint density at radius 2 is 1.95 bits per heavy atom. The number of nitrogens with two attached hydrogens (primary N) is 1. The second-order valence-corrected chi connectivity index (χ2v) is 4.87. The van der Waals surface area contributed by atoms with E-state index < -0.39 is 5.91 Å². The van der Waals surface area contributed by atoms with Crippen molar-refractivity contribution in [1.82, 2.24) is 10.2 Å². The van der Waals surface area contributed by atoms with Crippen LogP contribution in [0.4, 0.5) is 5.69 Å². The summed E-state index contributed by atoms with van der Waals surface area (Å²) in [6.45, 7) is 1.43. The summed E-state index contributed by atoms with van der Waals surface area (Å²) in [5.41, 5.74) is 5.75. The molecule has 1 saturated heterocycles. The number of piperidine rings is 1. The van der Waals surface area contributed by atoms with Crippen LogP contribution in [0.1, 0.15) is 29.6 Å². The van der Waals surface area contributed by atoms with Crippen LogP contribution in [0.15, 0.2) is 18.2 Å². The molecule has 1 aliphatic heterocycles. The van der Waals surface area contributed by atoms with E-state index in [0.29, 0.717) is 0 Å². The summed E-state index contributed by atoms with van der Waals surface area (Å²) in [5, 5.41) is 12.2. The molecule has 0 bridgehead atoms. The number of carbonyl (C=O) groups excluding carboxylic acids is 2. The molecule has 6 heteroatoms. The largest absolute Gasteiger partial charge is 0.505 e. The summed E-state index contributed by atoms with van der Waals surface area (Å²) in [6.07, 6.45) is 3.17. The van der Waals surface area contributed by atoms with E-state index in [1.165, 1.54) is 12.1 Å². The van der Waals surface area contributed by atoms with Gasteiger partial charge in [-0.15, -0.1) is 0 Å². The van der Waals surface area contributed by atoms with Crippen LogP contribution in [-0.4, -0.2) is 41.5 Å².